The second-order valence-corrected chi connectivity index (χ2v) is 10.2. The van der Waals surface area contributed by atoms with Crippen LogP contribution in [-0.2, 0) is 0 Å². The minimum absolute atomic E-state index is 0.325. The fourth-order valence-corrected chi connectivity index (χ4v) is 8.25. The van der Waals surface area contributed by atoms with E-state index in [4.69, 9.17) is 0 Å². The zero-order chi connectivity index (χ0) is 16.1. The van der Waals surface area contributed by atoms with Crippen LogP contribution in [0.3, 0.4) is 0 Å². The van der Waals surface area contributed by atoms with Gasteiger partial charge in [-0.25, -0.2) is 0 Å². The number of rotatable bonds is 3. The molecule has 2 heteroatoms. The van der Waals surface area contributed by atoms with Crippen LogP contribution in [0.15, 0.2) is 62.1 Å². The zero-order valence-electron chi connectivity index (χ0n) is 14.4. The molecular weight excluding hydrogens is 312 g/mol. The summed E-state index contributed by atoms with van der Waals surface area (Å²) >= 11 is 2.05. The normalized spacial score (nSPS) is 26.3. The SMILES string of the molecule is CCC1=C(C)C2C(=CC([SiH2]C3C(C)=Cc4ccccc43)=C2C)S1. The van der Waals surface area contributed by atoms with E-state index >= 15 is 0 Å². The quantitative estimate of drug-likeness (QED) is 0.654. The fourth-order valence-electron chi connectivity index (χ4n) is 4.39. The molecular formula is C21H24SSi. The predicted octanol–water partition coefficient (Wildman–Crippen LogP) is 5.53. The second-order valence-electron chi connectivity index (χ2n) is 7.02. The molecule has 3 aliphatic rings. The Morgan fingerprint density at radius 3 is 2.57 bits per heavy atom. The van der Waals surface area contributed by atoms with Crippen LogP contribution in [0.5, 0.6) is 0 Å². The van der Waals surface area contributed by atoms with E-state index in [1.54, 1.807) is 37.3 Å². The van der Waals surface area contributed by atoms with E-state index in [1.807, 2.05) is 11.8 Å². The highest BCUT2D eigenvalue weighted by molar-refractivity contribution is 8.07. The lowest BCUT2D eigenvalue weighted by Crippen LogP contribution is -2.10. The summed E-state index contributed by atoms with van der Waals surface area (Å²) in [6.45, 7) is 9.34. The second kappa shape index (κ2) is 5.68. The van der Waals surface area contributed by atoms with Gasteiger partial charge in [0, 0.05) is 10.8 Å². The summed E-state index contributed by atoms with van der Waals surface area (Å²) in [4.78, 5) is 3.20. The van der Waals surface area contributed by atoms with E-state index in [9.17, 15) is 0 Å². The van der Waals surface area contributed by atoms with E-state index in [-0.39, 0.29) is 9.52 Å². The molecule has 0 amide bonds. The minimum atomic E-state index is -0.325. The van der Waals surface area contributed by atoms with Crippen molar-refractivity contribution in [3.63, 3.8) is 0 Å². The summed E-state index contributed by atoms with van der Waals surface area (Å²) in [5, 5.41) is 1.71. The summed E-state index contributed by atoms with van der Waals surface area (Å²) in [5.41, 5.74) is 8.56. The molecule has 0 aromatic heterocycles. The Labute approximate surface area is 146 Å². The topological polar surface area (TPSA) is 0 Å². The van der Waals surface area contributed by atoms with Crippen molar-refractivity contribution >= 4 is 27.4 Å². The van der Waals surface area contributed by atoms with Gasteiger partial charge < -0.3 is 0 Å². The van der Waals surface area contributed by atoms with Gasteiger partial charge >= 0.3 is 0 Å². The summed E-state index contributed by atoms with van der Waals surface area (Å²) < 4.78 is 0. The lowest BCUT2D eigenvalue weighted by atomic mass is 9.95. The first-order valence-corrected chi connectivity index (χ1v) is 11.0. The van der Waals surface area contributed by atoms with Gasteiger partial charge in [0.1, 0.15) is 0 Å². The maximum Gasteiger partial charge on any atom is 0.0675 e. The van der Waals surface area contributed by atoms with E-state index in [1.165, 1.54) is 12.0 Å². The molecule has 1 aromatic rings. The molecule has 0 saturated carbocycles. The minimum Gasteiger partial charge on any atom is -0.0981 e. The predicted molar refractivity (Wildman–Crippen MR) is 106 cm³/mol. The molecule has 0 bridgehead atoms. The molecule has 1 aliphatic heterocycles. The van der Waals surface area contributed by atoms with Crippen molar-refractivity contribution in [2.24, 2.45) is 5.92 Å². The van der Waals surface area contributed by atoms with E-state index < -0.39 is 0 Å². The average molecular weight is 337 g/mol. The Hall–Kier alpha value is -1.25. The largest absolute Gasteiger partial charge is 0.0981 e. The van der Waals surface area contributed by atoms with Gasteiger partial charge in [-0.1, -0.05) is 77.0 Å². The van der Waals surface area contributed by atoms with Gasteiger partial charge in [-0.3, -0.25) is 0 Å². The van der Waals surface area contributed by atoms with Crippen LogP contribution in [0.2, 0.25) is 0 Å². The van der Waals surface area contributed by atoms with Gasteiger partial charge in [-0.15, -0.1) is 0 Å². The molecule has 0 radical (unpaired) electrons. The third kappa shape index (κ3) is 2.35. The number of fused-ring (bicyclic) bond motifs is 2. The van der Waals surface area contributed by atoms with Gasteiger partial charge in [-0.2, -0.15) is 0 Å². The molecule has 0 spiro atoms. The van der Waals surface area contributed by atoms with Crippen LogP contribution >= 0.6 is 11.8 Å². The molecule has 0 nitrogen and oxygen atoms in total. The number of benzene rings is 1. The molecule has 23 heavy (non-hydrogen) atoms. The Balaban J connectivity index is 1.65. The van der Waals surface area contributed by atoms with Crippen LogP contribution in [-0.4, -0.2) is 9.52 Å². The van der Waals surface area contributed by atoms with Gasteiger partial charge in [0.25, 0.3) is 0 Å². The molecule has 0 N–H and O–H groups in total. The smallest absolute Gasteiger partial charge is 0.0675 e. The maximum atomic E-state index is 2.55. The Morgan fingerprint density at radius 1 is 1.04 bits per heavy atom. The van der Waals surface area contributed by atoms with Crippen molar-refractivity contribution in [3.8, 4) is 0 Å². The molecule has 1 aromatic carbocycles. The van der Waals surface area contributed by atoms with Crippen molar-refractivity contribution < 1.29 is 0 Å². The van der Waals surface area contributed by atoms with Gasteiger partial charge in [-0.05, 0) is 48.8 Å². The number of hydrogen-bond donors (Lipinski definition) is 0. The van der Waals surface area contributed by atoms with Crippen LogP contribution < -0.4 is 0 Å². The van der Waals surface area contributed by atoms with Crippen LogP contribution in [0.25, 0.3) is 6.08 Å². The maximum absolute atomic E-state index is 2.55. The molecule has 1 heterocycles. The fraction of sp³-hybridized carbons (Fsp3) is 0.333. The van der Waals surface area contributed by atoms with E-state index in [2.05, 4.69) is 64.1 Å². The third-order valence-electron chi connectivity index (χ3n) is 5.70. The monoisotopic (exact) mass is 336 g/mol. The molecule has 0 fully saturated rings. The lowest BCUT2D eigenvalue weighted by molar-refractivity contribution is 0.893. The highest BCUT2D eigenvalue weighted by Crippen LogP contribution is 2.53. The molecule has 2 aliphatic carbocycles. The Bertz CT molecular complexity index is 807. The van der Waals surface area contributed by atoms with Crippen molar-refractivity contribution in [2.45, 2.75) is 39.7 Å². The molecule has 118 valence electrons. The van der Waals surface area contributed by atoms with E-state index in [0.717, 1.165) is 0 Å². The first-order chi connectivity index (χ1) is 11.1. The number of hydrogen-bond acceptors (Lipinski definition) is 1. The van der Waals surface area contributed by atoms with Crippen LogP contribution in [0.4, 0.5) is 0 Å². The van der Waals surface area contributed by atoms with E-state index in [0.29, 0.717) is 11.5 Å². The van der Waals surface area contributed by atoms with Crippen molar-refractivity contribution in [1.29, 1.82) is 0 Å². The summed E-state index contributed by atoms with van der Waals surface area (Å²) in [5.74, 6) is 0.624. The number of thioether (sulfide) groups is 1. The zero-order valence-corrected chi connectivity index (χ0v) is 16.7. The highest BCUT2D eigenvalue weighted by atomic mass is 32.2. The first-order valence-electron chi connectivity index (χ1n) is 8.66. The highest BCUT2D eigenvalue weighted by Gasteiger charge is 2.35. The Kier molecular flexibility index (Phi) is 3.77. The van der Waals surface area contributed by atoms with Crippen LogP contribution in [0.1, 0.15) is 50.8 Å². The third-order valence-corrected chi connectivity index (χ3v) is 9.84. The van der Waals surface area contributed by atoms with Crippen molar-refractivity contribution in [3.05, 3.63) is 73.2 Å². The first kappa shape index (κ1) is 15.3. The standard InChI is InChI=1S/C21H24SSi/c1-5-17-13(3)20-14(4)19(11-18(20)22-17)23-21-12(2)10-15-8-6-7-9-16(15)21/h6-11,20-21H,5,23H2,1-4H3. The molecule has 2 atom stereocenters. The van der Waals surface area contributed by atoms with Gasteiger partial charge in [0.05, 0.1) is 9.52 Å². The Morgan fingerprint density at radius 2 is 1.83 bits per heavy atom. The molecule has 0 saturated heterocycles. The summed E-state index contributed by atoms with van der Waals surface area (Å²) in [7, 11) is -0.325. The molecule has 4 rings (SSSR count). The van der Waals surface area contributed by atoms with Crippen molar-refractivity contribution in [2.75, 3.05) is 0 Å². The van der Waals surface area contributed by atoms with Crippen molar-refractivity contribution in [1.82, 2.24) is 0 Å². The van der Waals surface area contributed by atoms with Crippen LogP contribution in [0, 0.1) is 5.92 Å². The average Bonchev–Trinajstić information content (AvgIpc) is 3.14. The summed E-state index contributed by atoms with van der Waals surface area (Å²) in [6.07, 6.45) is 6.14. The lowest BCUT2D eigenvalue weighted by Gasteiger charge is -2.16. The number of allylic oxidation sites excluding steroid dienone is 7. The van der Waals surface area contributed by atoms with Gasteiger partial charge in [0.15, 0.2) is 0 Å². The summed E-state index contributed by atoms with van der Waals surface area (Å²) in [6, 6.07) is 8.97. The molecule has 2 unspecified atom stereocenters. The van der Waals surface area contributed by atoms with Gasteiger partial charge in [0.2, 0.25) is 0 Å².